The molecule has 0 saturated heterocycles. The van der Waals surface area contributed by atoms with E-state index in [1.54, 1.807) is 0 Å². The zero-order valence-corrected chi connectivity index (χ0v) is 11.3. The Morgan fingerprint density at radius 1 is 0.900 bits per heavy atom. The number of para-hydroxylation sites is 2. The molecule has 0 bridgehead atoms. The smallest absolute Gasteiger partial charge is 0.213 e. The van der Waals surface area contributed by atoms with Gasteiger partial charge in [-0.2, -0.15) is 15.4 Å². The maximum absolute atomic E-state index is 4.55. The van der Waals surface area contributed by atoms with Gasteiger partial charge in [-0.15, -0.1) is 0 Å². The summed E-state index contributed by atoms with van der Waals surface area (Å²) in [5.41, 5.74) is 1.83. The van der Waals surface area contributed by atoms with Gasteiger partial charge in [0.15, 0.2) is 0 Å². The van der Waals surface area contributed by atoms with E-state index in [9.17, 15) is 0 Å². The Labute approximate surface area is 119 Å². The number of H-pyrrole nitrogens is 4. The first-order valence-corrected chi connectivity index (χ1v) is 6.18. The Balaban J connectivity index is 0.000000117. The minimum Gasteiger partial charge on any atom is -0.368 e. The molecule has 3 aromatic heterocycles. The molecule has 0 radical (unpaired) electrons. The fraction of sp³-hybridized carbons (Fsp3) is 0. The Morgan fingerprint density at radius 2 is 1.55 bits per heavy atom. The lowest BCUT2D eigenvalue weighted by atomic mass is 10.3. The van der Waals surface area contributed by atoms with E-state index >= 15 is 0 Å². The van der Waals surface area contributed by atoms with Crippen molar-refractivity contribution in [3.63, 3.8) is 0 Å². The first-order chi connectivity index (χ1) is 9.86. The summed E-state index contributed by atoms with van der Waals surface area (Å²) in [5.74, 6) is 0. The molecule has 0 fully saturated rings. The Bertz CT molecular complexity index is 689. The molecule has 0 saturated carbocycles. The molecule has 4 rings (SSSR count). The minimum absolute atomic E-state index is 0.495. The lowest BCUT2D eigenvalue weighted by molar-refractivity contribution is 0.959. The van der Waals surface area contributed by atoms with E-state index in [4.69, 9.17) is 0 Å². The number of hydrogen-bond donors (Lipinski definition) is 4. The summed E-state index contributed by atoms with van der Waals surface area (Å²) in [6.45, 7) is 0. The van der Waals surface area contributed by atoms with Crippen molar-refractivity contribution in [1.29, 1.82) is 0 Å². The predicted octanol–water partition coefficient (Wildman–Crippen LogP) is 2.44. The van der Waals surface area contributed by atoms with Crippen molar-refractivity contribution in [3.8, 4) is 0 Å². The molecule has 0 amide bonds. The van der Waals surface area contributed by atoms with E-state index < -0.39 is 0 Å². The highest BCUT2D eigenvalue weighted by Gasteiger charge is 1.90. The molecule has 4 N–H and O–H groups in total. The monoisotopic (exact) mass is 287 g/mol. The quantitative estimate of drug-likeness (QED) is 0.373. The van der Waals surface area contributed by atoms with Crippen LogP contribution in [0, 0.1) is 4.77 Å². The molecular formula is C12H13N7S. The van der Waals surface area contributed by atoms with Crippen LogP contribution in [0.4, 0.5) is 0 Å². The number of aromatic amines is 4. The van der Waals surface area contributed by atoms with Crippen molar-refractivity contribution in [2.45, 2.75) is 0 Å². The summed E-state index contributed by atoms with van der Waals surface area (Å²) in [4.78, 5) is 6.48. The van der Waals surface area contributed by atoms with E-state index in [0.29, 0.717) is 4.77 Å². The van der Waals surface area contributed by atoms with Gasteiger partial charge in [0, 0.05) is 12.4 Å². The SMILES string of the molecule is S=c1nc[nH][nH]1.c1cc[nH]c1.c1ccc2n[nH]nc2c1. The third-order valence-corrected chi connectivity index (χ3v) is 2.35. The summed E-state index contributed by atoms with van der Waals surface area (Å²) in [5, 5.41) is 15.5. The molecule has 102 valence electrons. The minimum atomic E-state index is 0.495. The molecule has 8 heteroatoms. The van der Waals surface area contributed by atoms with Gasteiger partial charge in [-0.3, -0.25) is 10.2 Å². The van der Waals surface area contributed by atoms with Gasteiger partial charge in [0.1, 0.15) is 17.4 Å². The highest BCUT2D eigenvalue weighted by molar-refractivity contribution is 7.71. The van der Waals surface area contributed by atoms with Crippen molar-refractivity contribution in [1.82, 2.24) is 35.6 Å². The summed E-state index contributed by atoms with van der Waals surface area (Å²) in [6.07, 6.45) is 5.25. The molecular weight excluding hydrogens is 274 g/mol. The van der Waals surface area contributed by atoms with Crippen LogP contribution in [0.1, 0.15) is 0 Å². The average molecular weight is 287 g/mol. The van der Waals surface area contributed by atoms with E-state index in [-0.39, 0.29) is 0 Å². The number of rotatable bonds is 0. The average Bonchev–Trinajstić information content (AvgIpc) is 3.24. The van der Waals surface area contributed by atoms with E-state index in [1.165, 1.54) is 6.33 Å². The summed E-state index contributed by atoms with van der Waals surface area (Å²) in [7, 11) is 0. The Morgan fingerprint density at radius 3 is 1.90 bits per heavy atom. The molecule has 20 heavy (non-hydrogen) atoms. The van der Waals surface area contributed by atoms with Gasteiger partial charge in [0.25, 0.3) is 0 Å². The highest BCUT2D eigenvalue weighted by Crippen LogP contribution is 2.03. The fourth-order valence-electron chi connectivity index (χ4n) is 1.28. The second kappa shape index (κ2) is 7.64. The molecule has 0 unspecified atom stereocenters. The van der Waals surface area contributed by atoms with Gasteiger partial charge in [-0.25, -0.2) is 4.98 Å². The number of fused-ring (bicyclic) bond motifs is 1. The second-order valence-electron chi connectivity index (χ2n) is 3.53. The van der Waals surface area contributed by atoms with E-state index in [0.717, 1.165) is 11.0 Å². The first kappa shape index (κ1) is 13.7. The Hall–Kier alpha value is -2.74. The van der Waals surface area contributed by atoms with Crippen LogP contribution in [-0.4, -0.2) is 35.6 Å². The zero-order chi connectivity index (χ0) is 14.0. The Kier molecular flexibility index (Phi) is 5.23. The maximum Gasteiger partial charge on any atom is 0.213 e. The van der Waals surface area contributed by atoms with Gasteiger partial charge >= 0.3 is 0 Å². The highest BCUT2D eigenvalue weighted by atomic mass is 32.1. The van der Waals surface area contributed by atoms with Gasteiger partial charge in [0.05, 0.1) is 0 Å². The zero-order valence-electron chi connectivity index (χ0n) is 10.4. The van der Waals surface area contributed by atoms with E-state index in [2.05, 4.69) is 47.8 Å². The number of aromatic nitrogens is 7. The number of nitrogens with zero attached hydrogens (tertiary/aromatic N) is 3. The van der Waals surface area contributed by atoms with Gasteiger partial charge in [-0.1, -0.05) is 12.1 Å². The van der Waals surface area contributed by atoms with Crippen LogP contribution in [-0.2, 0) is 0 Å². The van der Waals surface area contributed by atoms with Gasteiger partial charge in [-0.05, 0) is 36.5 Å². The molecule has 0 aliphatic heterocycles. The largest absolute Gasteiger partial charge is 0.368 e. The normalized spacial score (nSPS) is 9.20. The van der Waals surface area contributed by atoms with Crippen LogP contribution in [0.15, 0.2) is 55.1 Å². The van der Waals surface area contributed by atoms with Crippen LogP contribution in [0.5, 0.6) is 0 Å². The van der Waals surface area contributed by atoms with Crippen molar-refractivity contribution >= 4 is 23.3 Å². The maximum atomic E-state index is 4.55. The van der Waals surface area contributed by atoms with Crippen molar-refractivity contribution < 1.29 is 0 Å². The van der Waals surface area contributed by atoms with Crippen LogP contribution in [0.25, 0.3) is 11.0 Å². The second-order valence-corrected chi connectivity index (χ2v) is 3.92. The fourth-order valence-corrected chi connectivity index (χ4v) is 1.39. The summed E-state index contributed by atoms with van der Waals surface area (Å²) >= 11 is 4.55. The molecule has 0 spiro atoms. The molecule has 0 aliphatic rings. The molecule has 4 aromatic rings. The topological polar surface area (TPSA) is 102 Å². The van der Waals surface area contributed by atoms with Crippen LogP contribution in [0.2, 0.25) is 0 Å². The number of nitrogens with one attached hydrogen (secondary N) is 4. The van der Waals surface area contributed by atoms with Crippen LogP contribution >= 0.6 is 12.2 Å². The molecule has 3 heterocycles. The summed E-state index contributed by atoms with van der Waals surface area (Å²) in [6, 6.07) is 11.6. The number of benzene rings is 1. The van der Waals surface area contributed by atoms with Gasteiger partial charge < -0.3 is 4.98 Å². The predicted molar refractivity (Wildman–Crippen MR) is 78.5 cm³/mol. The lowest BCUT2D eigenvalue weighted by Crippen LogP contribution is -1.63. The first-order valence-electron chi connectivity index (χ1n) is 5.77. The van der Waals surface area contributed by atoms with Crippen molar-refractivity contribution in [2.24, 2.45) is 0 Å². The summed E-state index contributed by atoms with van der Waals surface area (Å²) < 4.78 is 0.495. The third kappa shape index (κ3) is 4.50. The molecule has 0 atom stereocenters. The number of hydrogen-bond acceptors (Lipinski definition) is 4. The van der Waals surface area contributed by atoms with Crippen molar-refractivity contribution in [3.05, 3.63) is 59.9 Å². The molecule has 0 aliphatic carbocycles. The third-order valence-electron chi connectivity index (χ3n) is 2.14. The van der Waals surface area contributed by atoms with Crippen molar-refractivity contribution in [2.75, 3.05) is 0 Å². The lowest BCUT2D eigenvalue weighted by Gasteiger charge is -1.78. The standard InChI is InChI=1S/C6H5N3.C4H5N.C2H3N3S/c1-2-4-6-5(3-1)7-9-8-6;1-2-4-5-3-1;6-2-3-1-4-5-2/h1-4H,(H,7,8,9);1-5H;1H,(H2,3,4,5,6). The van der Waals surface area contributed by atoms with Crippen LogP contribution < -0.4 is 0 Å². The molecule has 7 nitrogen and oxygen atoms in total. The van der Waals surface area contributed by atoms with Gasteiger partial charge in [0.2, 0.25) is 4.77 Å². The molecule has 1 aromatic carbocycles. The van der Waals surface area contributed by atoms with E-state index in [1.807, 2.05) is 48.8 Å². The van der Waals surface area contributed by atoms with Crippen LogP contribution in [0.3, 0.4) is 0 Å².